The Hall–Kier alpha value is -3.31. The zero-order chi connectivity index (χ0) is 23.4. The van der Waals surface area contributed by atoms with E-state index >= 15 is 0 Å². The minimum atomic E-state index is -3.85. The molecule has 2 aromatic carbocycles. The van der Waals surface area contributed by atoms with Gasteiger partial charge in [-0.2, -0.15) is 17.6 Å². The van der Waals surface area contributed by atoms with E-state index in [1.807, 2.05) is 25.2 Å². The first-order chi connectivity index (χ1) is 16.0. The van der Waals surface area contributed by atoms with Crippen LogP contribution >= 0.6 is 0 Å². The van der Waals surface area contributed by atoms with Crippen molar-refractivity contribution in [2.24, 2.45) is 0 Å². The van der Waals surface area contributed by atoms with E-state index in [-0.39, 0.29) is 11.4 Å². The Kier molecular flexibility index (Phi) is 6.70. The molecular weight excluding hydrogens is 446 g/mol. The van der Waals surface area contributed by atoms with E-state index in [2.05, 4.69) is 20.2 Å². The Morgan fingerprint density at radius 1 is 1.12 bits per heavy atom. The summed E-state index contributed by atoms with van der Waals surface area (Å²) in [5.41, 5.74) is 2.49. The van der Waals surface area contributed by atoms with Crippen molar-refractivity contribution in [1.29, 1.82) is 0 Å². The normalized spacial score (nSPS) is 16.3. The second-order valence-electron chi connectivity index (χ2n) is 7.83. The van der Waals surface area contributed by atoms with E-state index in [9.17, 15) is 8.42 Å². The molecule has 0 radical (unpaired) electrons. The van der Waals surface area contributed by atoms with Gasteiger partial charge < -0.3 is 25.0 Å². The number of carbonyl (C=O) groups is 1. The average Bonchev–Trinajstić information content (AvgIpc) is 3.05. The van der Waals surface area contributed by atoms with Crippen molar-refractivity contribution in [2.75, 3.05) is 56.2 Å². The molecule has 1 aromatic heterocycles. The first-order valence-electron chi connectivity index (χ1n) is 10.7. The molecule has 0 atom stereocenters. The fourth-order valence-corrected chi connectivity index (χ4v) is 5.36. The molecule has 2 aliphatic heterocycles. The molecule has 2 N–H and O–H groups in total. The number of hydrogen-bond acceptors (Lipinski definition) is 8. The lowest BCUT2D eigenvalue weighted by atomic mass is 10.2. The van der Waals surface area contributed by atoms with Crippen LogP contribution in [0.2, 0.25) is 0 Å². The van der Waals surface area contributed by atoms with E-state index in [1.54, 1.807) is 24.4 Å². The third-order valence-electron chi connectivity index (χ3n) is 5.78. The summed E-state index contributed by atoms with van der Waals surface area (Å²) in [6, 6.07) is 10.9. The molecule has 1 fully saturated rings. The van der Waals surface area contributed by atoms with Crippen LogP contribution in [0.3, 0.4) is 0 Å². The number of aromatic nitrogens is 2. The molecule has 0 amide bonds. The van der Waals surface area contributed by atoms with Gasteiger partial charge in [0.15, 0.2) is 0 Å². The van der Waals surface area contributed by atoms with Crippen LogP contribution in [0.25, 0.3) is 10.9 Å². The molecule has 10 nitrogen and oxygen atoms in total. The van der Waals surface area contributed by atoms with Gasteiger partial charge in [-0.25, -0.2) is 0 Å². The number of nitrogens with zero attached hydrogens (tertiary/aromatic N) is 4. The molecule has 1 saturated heterocycles. The summed E-state index contributed by atoms with van der Waals surface area (Å²) in [6.07, 6.45) is 2.66. The van der Waals surface area contributed by atoms with E-state index in [0.717, 1.165) is 60.0 Å². The number of carboxylic acid groups (broad SMARTS) is 1. The van der Waals surface area contributed by atoms with Crippen molar-refractivity contribution < 1.29 is 23.1 Å². The summed E-state index contributed by atoms with van der Waals surface area (Å²) in [4.78, 5) is 12.9. The predicted molar refractivity (Wildman–Crippen MR) is 126 cm³/mol. The molecule has 0 bridgehead atoms. The lowest BCUT2D eigenvalue weighted by Crippen LogP contribution is -2.29. The van der Waals surface area contributed by atoms with E-state index in [0.29, 0.717) is 17.9 Å². The van der Waals surface area contributed by atoms with Crippen LogP contribution < -0.4 is 19.9 Å². The van der Waals surface area contributed by atoms with Gasteiger partial charge in [-0.05, 0) is 43.3 Å². The molecular formula is C22H27N5O5S. The summed E-state index contributed by atoms with van der Waals surface area (Å²) in [5, 5.41) is 15.3. The lowest BCUT2D eigenvalue weighted by Gasteiger charge is -2.27. The van der Waals surface area contributed by atoms with Crippen molar-refractivity contribution in [3.05, 3.63) is 42.6 Å². The number of likely N-dealkylation sites (N-methyl/N-ethyl adjacent to an activating group) is 1. The Balaban J connectivity index is 0.000000821. The molecule has 2 aliphatic rings. The van der Waals surface area contributed by atoms with Gasteiger partial charge in [-0.15, -0.1) is 0 Å². The van der Waals surface area contributed by atoms with Crippen LogP contribution in [0.15, 0.2) is 47.5 Å². The lowest BCUT2D eigenvalue weighted by molar-refractivity contribution is -0.122. The largest absolute Gasteiger partial charge is 0.490 e. The van der Waals surface area contributed by atoms with Crippen LogP contribution in [0, 0.1) is 0 Å². The van der Waals surface area contributed by atoms with Crippen molar-refractivity contribution in [1.82, 2.24) is 14.5 Å². The number of hydrogen-bond donors (Lipinski definition) is 2. The van der Waals surface area contributed by atoms with Crippen molar-refractivity contribution in [3.63, 3.8) is 0 Å². The van der Waals surface area contributed by atoms with Gasteiger partial charge in [0.1, 0.15) is 12.4 Å². The Morgan fingerprint density at radius 2 is 1.94 bits per heavy atom. The minimum Gasteiger partial charge on any atom is -0.490 e. The maximum absolute atomic E-state index is 13.4. The average molecular weight is 474 g/mol. The van der Waals surface area contributed by atoms with Crippen LogP contribution in [0.4, 0.5) is 11.4 Å². The molecule has 0 unspecified atom stereocenters. The van der Waals surface area contributed by atoms with Gasteiger partial charge >= 0.3 is 0 Å². The van der Waals surface area contributed by atoms with Gasteiger partial charge in [0.2, 0.25) is 0 Å². The number of ether oxygens (including phenoxy) is 1. The van der Waals surface area contributed by atoms with Crippen LogP contribution in [0.5, 0.6) is 5.75 Å². The fourth-order valence-electron chi connectivity index (χ4n) is 4.07. The summed E-state index contributed by atoms with van der Waals surface area (Å²) >= 11 is 0. The SMILES string of the molecule is CN1CCOc2cc(S(=O)(=O)n3ncc4ccc(N5CCCNCC5)cc43)ccc21.O=CO. The number of benzene rings is 2. The van der Waals surface area contributed by atoms with Gasteiger partial charge in [0.25, 0.3) is 16.5 Å². The summed E-state index contributed by atoms with van der Waals surface area (Å²) in [5.74, 6) is 0.582. The van der Waals surface area contributed by atoms with E-state index < -0.39 is 10.0 Å². The first-order valence-corrected chi connectivity index (χ1v) is 12.1. The molecule has 0 saturated carbocycles. The third kappa shape index (κ3) is 4.60. The first kappa shape index (κ1) is 22.9. The molecule has 0 spiro atoms. The molecule has 5 rings (SSSR count). The summed E-state index contributed by atoms with van der Waals surface area (Å²) in [6.45, 7) is 4.81. The molecule has 33 heavy (non-hydrogen) atoms. The van der Waals surface area contributed by atoms with E-state index in [1.165, 1.54) is 0 Å². The zero-order valence-electron chi connectivity index (χ0n) is 18.3. The molecule has 3 aromatic rings. The number of rotatable bonds is 3. The topological polar surface area (TPSA) is 117 Å². The quantitative estimate of drug-likeness (QED) is 0.547. The monoisotopic (exact) mass is 473 g/mol. The Bertz CT molecular complexity index is 1240. The highest BCUT2D eigenvalue weighted by atomic mass is 32.2. The number of fused-ring (bicyclic) bond motifs is 2. The number of nitrogens with one attached hydrogen (secondary N) is 1. The molecule has 11 heteroatoms. The van der Waals surface area contributed by atoms with Gasteiger partial charge in [-0.3, -0.25) is 4.79 Å². The summed E-state index contributed by atoms with van der Waals surface area (Å²) in [7, 11) is -1.88. The standard InChI is InChI=1S/C21H25N5O3S.CH2O2/c1-24-11-12-29-21-14-18(5-6-19(21)24)30(27,28)26-20-13-17(4-3-16(20)15-23-26)25-9-2-7-22-8-10-25;2-1-3/h3-6,13-15,22H,2,7-12H2,1H3;1H,(H,2,3). The second kappa shape index (κ2) is 9.67. The van der Waals surface area contributed by atoms with Crippen LogP contribution in [0.1, 0.15) is 6.42 Å². The minimum absolute atomic E-state index is 0.172. The fraction of sp³-hybridized carbons (Fsp3) is 0.364. The van der Waals surface area contributed by atoms with Gasteiger partial charge in [0, 0.05) is 43.8 Å². The van der Waals surface area contributed by atoms with Gasteiger partial charge in [-0.1, -0.05) is 0 Å². The van der Waals surface area contributed by atoms with Crippen molar-refractivity contribution >= 4 is 38.8 Å². The Labute approximate surface area is 192 Å². The van der Waals surface area contributed by atoms with Crippen molar-refractivity contribution in [3.8, 4) is 5.75 Å². The zero-order valence-corrected chi connectivity index (χ0v) is 19.2. The van der Waals surface area contributed by atoms with Crippen molar-refractivity contribution in [2.45, 2.75) is 11.3 Å². The predicted octanol–water partition coefficient (Wildman–Crippen LogP) is 1.60. The summed E-state index contributed by atoms with van der Waals surface area (Å²) < 4.78 is 33.7. The number of anilines is 2. The smallest absolute Gasteiger partial charge is 0.290 e. The van der Waals surface area contributed by atoms with Crippen LogP contribution in [-0.4, -0.2) is 75.6 Å². The highest BCUT2D eigenvalue weighted by molar-refractivity contribution is 7.90. The Morgan fingerprint density at radius 3 is 2.76 bits per heavy atom. The maximum atomic E-state index is 13.4. The highest BCUT2D eigenvalue weighted by Gasteiger charge is 2.24. The molecule has 0 aliphatic carbocycles. The second-order valence-corrected chi connectivity index (χ2v) is 9.60. The van der Waals surface area contributed by atoms with Crippen LogP contribution in [-0.2, 0) is 14.8 Å². The highest BCUT2D eigenvalue weighted by Crippen LogP contribution is 2.34. The van der Waals surface area contributed by atoms with Gasteiger partial charge in [0.05, 0.1) is 28.8 Å². The molecule has 176 valence electrons. The maximum Gasteiger partial charge on any atom is 0.290 e. The van der Waals surface area contributed by atoms with E-state index in [4.69, 9.17) is 14.6 Å². The molecule has 3 heterocycles. The third-order valence-corrected chi connectivity index (χ3v) is 7.38.